The van der Waals surface area contributed by atoms with Crippen LogP contribution in [0.2, 0.25) is 0 Å². The maximum Gasteiger partial charge on any atom is 0.237 e. The maximum absolute atomic E-state index is 11.3. The molecule has 0 radical (unpaired) electrons. The molecule has 1 aliphatic rings. The number of carbonyl (C=O) groups is 1. The van der Waals surface area contributed by atoms with Gasteiger partial charge in [0.15, 0.2) is 0 Å². The summed E-state index contributed by atoms with van der Waals surface area (Å²) in [5.41, 5.74) is 0. The number of amides is 1. The van der Waals surface area contributed by atoms with Gasteiger partial charge in [-0.1, -0.05) is 0 Å². The van der Waals surface area contributed by atoms with Gasteiger partial charge in [0.1, 0.15) is 0 Å². The maximum atomic E-state index is 11.3. The predicted octanol–water partition coefficient (Wildman–Crippen LogP) is 0.651. The third-order valence-electron chi connectivity index (χ3n) is 1.89. The SMILES string of the molecule is CC(C)NC(=O)C(C)NC1CC1. The van der Waals surface area contributed by atoms with E-state index in [0.29, 0.717) is 6.04 Å². The van der Waals surface area contributed by atoms with Crippen LogP contribution in [0.4, 0.5) is 0 Å². The summed E-state index contributed by atoms with van der Waals surface area (Å²) in [6.45, 7) is 5.86. The highest BCUT2D eigenvalue weighted by molar-refractivity contribution is 5.81. The van der Waals surface area contributed by atoms with Gasteiger partial charge in [-0.25, -0.2) is 0 Å². The topological polar surface area (TPSA) is 41.1 Å². The number of carbonyl (C=O) groups excluding carboxylic acids is 1. The first kappa shape index (κ1) is 9.52. The van der Waals surface area contributed by atoms with Gasteiger partial charge in [0, 0.05) is 12.1 Å². The molecule has 12 heavy (non-hydrogen) atoms. The van der Waals surface area contributed by atoms with Gasteiger partial charge >= 0.3 is 0 Å². The summed E-state index contributed by atoms with van der Waals surface area (Å²) in [6.07, 6.45) is 2.44. The molecule has 0 aromatic heterocycles. The lowest BCUT2D eigenvalue weighted by Gasteiger charge is -2.15. The molecular weight excluding hydrogens is 152 g/mol. The van der Waals surface area contributed by atoms with Crippen molar-refractivity contribution >= 4 is 5.91 Å². The largest absolute Gasteiger partial charge is 0.353 e. The van der Waals surface area contributed by atoms with Crippen LogP contribution in [0.25, 0.3) is 0 Å². The second-order valence-corrected chi connectivity index (χ2v) is 3.83. The minimum atomic E-state index is -0.0418. The molecule has 0 heterocycles. The molecule has 1 saturated carbocycles. The molecule has 70 valence electrons. The first-order valence-corrected chi connectivity index (χ1v) is 4.66. The van der Waals surface area contributed by atoms with Gasteiger partial charge in [-0.2, -0.15) is 0 Å². The molecule has 0 bridgehead atoms. The molecule has 1 unspecified atom stereocenters. The Morgan fingerprint density at radius 2 is 1.92 bits per heavy atom. The van der Waals surface area contributed by atoms with Crippen molar-refractivity contribution in [2.24, 2.45) is 0 Å². The van der Waals surface area contributed by atoms with Crippen LogP contribution in [0.15, 0.2) is 0 Å². The van der Waals surface area contributed by atoms with Crippen molar-refractivity contribution < 1.29 is 4.79 Å². The van der Waals surface area contributed by atoms with E-state index in [0.717, 1.165) is 0 Å². The molecule has 0 aromatic rings. The molecule has 3 heteroatoms. The van der Waals surface area contributed by atoms with Crippen LogP contribution >= 0.6 is 0 Å². The number of hydrogen-bond acceptors (Lipinski definition) is 2. The Morgan fingerprint density at radius 3 is 2.33 bits per heavy atom. The van der Waals surface area contributed by atoms with E-state index in [1.807, 2.05) is 20.8 Å². The predicted molar refractivity (Wildman–Crippen MR) is 48.9 cm³/mol. The summed E-state index contributed by atoms with van der Waals surface area (Å²) < 4.78 is 0. The van der Waals surface area contributed by atoms with E-state index in [-0.39, 0.29) is 18.0 Å². The minimum absolute atomic E-state index is 0.0418. The van der Waals surface area contributed by atoms with E-state index in [1.54, 1.807) is 0 Å². The highest BCUT2D eigenvalue weighted by atomic mass is 16.2. The van der Waals surface area contributed by atoms with Crippen LogP contribution in [-0.2, 0) is 4.79 Å². The Balaban J connectivity index is 2.19. The molecule has 1 amide bonds. The number of hydrogen-bond donors (Lipinski definition) is 2. The van der Waals surface area contributed by atoms with E-state index in [4.69, 9.17) is 0 Å². The molecular formula is C9H18N2O. The quantitative estimate of drug-likeness (QED) is 0.650. The molecule has 1 rings (SSSR count). The van der Waals surface area contributed by atoms with E-state index in [2.05, 4.69) is 10.6 Å². The van der Waals surface area contributed by atoms with Crippen molar-refractivity contribution in [3.8, 4) is 0 Å². The summed E-state index contributed by atoms with van der Waals surface area (Å²) in [6, 6.07) is 0.791. The second-order valence-electron chi connectivity index (χ2n) is 3.83. The van der Waals surface area contributed by atoms with Gasteiger partial charge in [0.2, 0.25) is 5.91 Å². The first-order chi connectivity index (χ1) is 5.59. The van der Waals surface area contributed by atoms with Crippen LogP contribution in [0, 0.1) is 0 Å². The Hall–Kier alpha value is -0.570. The average Bonchev–Trinajstić information content (AvgIpc) is 2.70. The molecule has 2 N–H and O–H groups in total. The van der Waals surface area contributed by atoms with Gasteiger partial charge in [0.25, 0.3) is 0 Å². The highest BCUT2D eigenvalue weighted by Crippen LogP contribution is 2.19. The first-order valence-electron chi connectivity index (χ1n) is 4.66. The van der Waals surface area contributed by atoms with Crippen molar-refractivity contribution in [1.29, 1.82) is 0 Å². The zero-order chi connectivity index (χ0) is 9.14. The summed E-state index contributed by atoms with van der Waals surface area (Å²) in [5, 5.41) is 6.12. The third kappa shape index (κ3) is 3.22. The van der Waals surface area contributed by atoms with Gasteiger partial charge < -0.3 is 10.6 Å². The van der Waals surface area contributed by atoms with Crippen LogP contribution in [0.5, 0.6) is 0 Å². The lowest BCUT2D eigenvalue weighted by molar-refractivity contribution is -0.123. The highest BCUT2D eigenvalue weighted by Gasteiger charge is 2.25. The standard InChI is InChI=1S/C9H18N2O/c1-6(2)10-9(12)7(3)11-8-4-5-8/h6-8,11H,4-5H2,1-3H3,(H,10,12). The van der Waals surface area contributed by atoms with Crippen molar-refractivity contribution in [3.63, 3.8) is 0 Å². The fourth-order valence-electron chi connectivity index (χ4n) is 1.09. The Bertz CT molecular complexity index is 164. The van der Waals surface area contributed by atoms with Crippen molar-refractivity contribution in [3.05, 3.63) is 0 Å². The molecule has 0 aliphatic heterocycles. The van der Waals surface area contributed by atoms with Crippen molar-refractivity contribution in [2.45, 2.75) is 51.7 Å². The Labute approximate surface area is 73.9 Å². The third-order valence-corrected chi connectivity index (χ3v) is 1.89. The zero-order valence-electron chi connectivity index (χ0n) is 8.05. The Morgan fingerprint density at radius 1 is 1.33 bits per heavy atom. The van der Waals surface area contributed by atoms with E-state index >= 15 is 0 Å². The lowest BCUT2D eigenvalue weighted by Crippen LogP contribution is -2.45. The monoisotopic (exact) mass is 170 g/mol. The fraction of sp³-hybridized carbons (Fsp3) is 0.889. The molecule has 1 atom stereocenters. The van der Waals surface area contributed by atoms with E-state index in [9.17, 15) is 4.79 Å². The molecule has 1 fully saturated rings. The van der Waals surface area contributed by atoms with Gasteiger partial charge in [-0.15, -0.1) is 0 Å². The van der Waals surface area contributed by atoms with Crippen LogP contribution in [-0.4, -0.2) is 24.0 Å². The average molecular weight is 170 g/mol. The normalized spacial score (nSPS) is 19.3. The van der Waals surface area contributed by atoms with Gasteiger partial charge in [-0.3, -0.25) is 4.79 Å². The Kier molecular flexibility index (Phi) is 3.09. The summed E-state index contributed by atoms with van der Waals surface area (Å²) in [4.78, 5) is 11.3. The number of rotatable bonds is 4. The van der Waals surface area contributed by atoms with Crippen molar-refractivity contribution in [2.75, 3.05) is 0 Å². The second kappa shape index (κ2) is 3.90. The molecule has 0 aromatic carbocycles. The zero-order valence-corrected chi connectivity index (χ0v) is 8.05. The van der Waals surface area contributed by atoms with Gasteiger partial charge in [-0.05, 0) is 33.6 Å². The smallest absolute Gasteiger partial charge is 0.237 e. The fourth-order valence-corrected chi connectivity index (χ4v) is 1.09. The van der Waals surface area contributed by atoms with Gasteiger partial charge in [0.05, 0.1) is 6.04 Å². The summed E-state index contributed by atoms with van der Waals surface area (Å²) in [5.74, 6) is 0.108. The number of nitrogens with one attached hydrogen (secondary N) is 2. The minimum Gasteiger partial charge on any atom is -0.353 e. The van der Waals surface area contributed by atoms with Crippen molar-refractivity contribution in [1.82, 2.24) is 10.6 Å². The van der Waals surface area contributed by atoms with Crippen LogP contribution in [0.3, 0.4) is 0 Å². The lowest BCUT2D eigenvalue weighted by atomic mass is 10.3. The van der Waals surface area contributed by atoms with E-state index in [1.165, 1.54) is 12.8 Å². The van der Waals surface area contributed by atoms with E-state index < -0.39 is 0 Å². The molecule has 3 nitrogen and oxygen atoms in total. The van der Waals surface area contributed by atoms with Crippen LogP contribution in [0.1, 0.15) is 33.6 Å². The molecule has 0 spiro atoms. The summed E-state index contributed by atoms with van der Waals surface area (Å²) >= 11 is 0. The van der Waals surface area contributed by atoms with Crippen LogP contribution < -0.4 is 10.6 Å². The summed E-state index contributed by atoms with van der Waals surface area (Å²) in [7, 11) is 0. The molecule has 0 saturated heterocycles. The molecule has 1 aliphatic carbocycles.